The van der Waals surface area contributed by atoms with Crippen molar-refractivity contribution in [2.75, 3.05) is 33.9 Å². The summed E-state index contributed by atoms with van der Waals surface area (Å²) in [5, 5.41) is 0. The molecule has 1 atom stereocenters. The zero-order chi connectivity index (χ0) is 15.3. The fourth-order valence-electron chi connectivity index (χ4n) is 3.29. The minimum Gasteiger partial charge on any atom is -0.497 e. The maximum Gasteiger partial charge on any atom is 0.124 e. The summed E-state index contributed by atoms with van der Waals surface area (Å²) in [6.07, 6.45) is 4.53. The Hall–Kier alpha value is -1.26. The van der Waals surface area contributed by atoms with Gasteiger partial charge in [-0.25, -0.2) is 0 Å². The lowest BCUT2D eigenvalue weighted by atomic mass is 9.85. The summed E-state index contributed by atoms with van der Waals surface area (Å²) in [5.41, 5.74) is 7.50. The predicted octanol–water partition coefficient (Wildman–Crippen LogP) is 2.75. The molecular formula is C17H28N2O2. The van der Waals surface area contributed by atoms with E-state index in [2.05, 4.69) is 11.8 Å². The van der Waals surface area contributed by atoms with Crippen molar-refractivity contribution >= 4 is 0 Å². The van der Waals surface area contributed by atoms with E-state index in [1.807, 2.05) is 18.2 Å². The quantitative estimate of drug-likeness (QED) is 0.839. The van der Waals surface area contributed by atoms with E-state index < -0.39 is 0 Å². The molecule has 1 unspecified atom stereocenters. The molecule has 2 N–H and O–H groups in total. The summed E-state index contributed by atoms with van der Waals surface area (Å²) >= 11 is 0. The van der Waals surface area contributed by atoms with E-state index in [9.17, 15) is 0 Å². The molecule has 1 aliphatic heterocycles. The predicted molar refractivity (Wildman–Crippen MR) is 86.0 cm³/mol. The molecule has 1 aromatic rings. The lowest BCUT2D eigenvalue weighted by Crippen LogP contribution is -2.47. The van der Waals surface area contributed by atoms with Crippen molar-refractivity contribution in [2.45, 2.75) is 38.1 Å². The number of nitrogens with two attached hydrogens (primary N) is 1. The van der Waals surface area contributed by atoms with E-state index in [0.717, 1.165) is 49.5 Å². The third-order valence-electron chi connectivity index (χ3n) is 4.34. The van der Waals surface area contributed by atoms with Gasteiger partial charge in [-0.1, -0.05) is 13.3 Å². The second-order valence-electron chi connectivity index (χ2n) is 5.96. The van der Waals surface area contributed by atoms with Crippen LogP contribution in [0.3, 0.4) is 0 Å². The maximum atomic E-state index is 6.83. The van der Waals surface area contributed by atoms with Gasteiger partial charge in [-0.2, -0.15) is 0 Å². The van der Waals surface area contributed by atoms with Gasteiger partial charge in [0.15, 0.2) is 0 Å². The van der Waals surface area contributed by atoms with Crippen molar-refractivity contribution in [1.82, 2.24) is 4.90 Å². The number of benzene rings is 1. The van der Waals surface area contributed by atoms with Crippen molar-refractivity contribution in [3.63, 3.8) is 0 Å². The summed E-state index contributed by atoms with van der Waals surface area (Å²) in [5.74, 6) is 1.68. The van der Waals surface area contributed by atoms with Crippen LogP contribution >= 0.6 is 0 Å². The first kappa shape index (κ1) is 16.1. The van der Waals surface area contributed by atoms with Crippen LogP contribution in [0.15, 0.2) is 18.2 Å². The van der Waals surface area contributed by atoms with Crippen LogP contribution in [0.5, 0.6) is 11.5 Å². The fourth-order valence-corrected chi connectivity index (χ4v) is 3.29. The van der Waals surface area contributed by atoms with Crippen molar-refractivity contribution in [3.8, 4) is 11.5 Å². The third-order valence-corrected chi connectivity index (χ3v) is 4.34. The van der Waals surface area contributed by atoms with Gasteiger partial charge in [0.25, 0.3) is 0 Å². The molecule has 1 heterocycles. The van der Waals surface area contributed by atoms with E-state index in [1.165, 1.54) is 12.8 Å². The van der Waals surface area contributed by atoms with Crippen LogP contribution in [-0.2, 0) is 5.54 Å². The number of likely N-dealkylation sites (tertiary alicyclic amines) is 1. The van der Waals surface area contributed by atoms with Gasteiger partial charge in [0.1, 0.15) is 11.5 Å². The van der Waals surface area contributed by atoms with Gasteiger partial charge in [-0.05, 0) is 50.6 Å². The van der Waals surface area contributed by atoms with E-state index in [1.54, 1.807) is 14.2 Å². The molecule has 0 saturated carbocycles. The molecule has 4 heteroatoms. The molecule has 1 aromatic carbocycles. The number of hydrogen-bond donors (Lipinski definition) is 1. The van der Waals surface area contributed by atoms with Gasteiger partial charge in [-0.3, -0.25) is 0 Å². The molecule has 0 bridgehead atoms. The van der Waals surface area contributed by atoms with Crippen molar-refractivity contribution in [2.24, 2.45) is 5.73 Å². The first-order valence-corrected chi connectivity index (χ1v) is 7.86. The molecule has 0 spiro atoms. The third kappa shape index (κ3) is 3.69. The van der Waals surface area contributed by atoms with Crippen molar-refractivity contribution < 1.29 is 9.47 Å². The second kappa shape index (κ2) is 7.14. The Morgan fingerprint density at radius 2 is 1.90 bits per heavy atom. The van der Waals surface area contributed by atoms with E-state index >= 15 is 0 Å². The van der Waals surface area contributed by atoms with Gasteiger partial charge in [0.05, 0.1) is 19.8 Å². The maximum absolute atomic E-state index is 6.83. The Kier molecular flexibility index (Phi) is 5.48. The first-order chi connectivity index (χ1) is 10.1. The van der Waals surface area contributed by atoms with Gasteiger partial charge in [0, 0.05) is 12.1 Å². The highest BCUT2D eigenvalue weighted by Gasteiger charge is 2.33. The highest BCUT2D eigenvalue weighted by Crippen LogP contribution is 2.35. The van der Waals surface area contributed by atoms with Crippen LogP contribution in [0.25, 0.3) is 0 Å². The zero-order valence-electron chi connectivity index (χ0n) is 13.5. The standard InChI is InChI=1S/C17H28N2O2/c1-4-9-17(18,13-19-10-5-6-11-19)15-12-14(20-2)7-8-16(15)21-3/h7-8,12H,4-6,9-11,13,18H2,1-3H3. The van der Waals surface area contributed by atoms with Crippen molar-refractivity contribution in [1.29, 1.82) is 0 Å². The second-order valence-corrected chi connectivity index (χ2v) is 5.96. The number of methoxy groups -OCH3 is 2. The Balaban J connectivity index is 2.34. The Morgan fingerprint density at radius 1 is 1.19 bits per heavy atom. The minimum atomic E-state index is -0.390. The van der Waals surface area contributed by atoms with Crippen LogP contribution in [0.2, 0.25) is 0 Å². The molecule has 0 amide bonds. The topological polar surface area (TPSA) is 47.7 Å². The summed E-state index contributed by atoms with van der Waals surface area (Å²) in [6.45, 7) is 5.35. The molecule has 1 aliphatic rings. The molecule has 1 fully saturated rings. The number of nitrogens with zero attached hydrogens (tertiary/aromatic N) is 1. The largest absolute Gasteiger partial charge is 0.497 e. The van der Waals surface area contributed by atoms with Crippen LogP contribution in [0.4, 0.5) is 0 Å². The van der Waals surface area contributed by atoms with Gasteiger partial charge < -0.3 is 20.1 Å². The van der Waals surface area contributed by atoms with Gasteiger partial charge >= 0.3 is 0 Å². The Morgan fingerprint density at radius 3 is 2.48 bits per heavy atom. The molecule has 0 aliphatic carbocycles. The van der Waals surface area contributed by atoms with Crippen molar-refractivity contribution in [3.05, 3.63) is 23.8 Å². The molecule has 0 aromatic heterocycles. The monoisotopic (exact) mass is 292 g/mol. The molecule has 21 heavy (non-hydrogen) atoms. The van der Waals surface area contributed by atoms with Crippen LogP contribution < -0.4 is 15.2 Å². The SMILES string of the molecule is CCCC(N)(CN1CCCC1)c1cc(OC)ccc1OC. The van der Waals surface area contributed by atoms with Crippen LogP contribution in [0.1, 0.15) is 38.2 Å². The van der Waals surface area contributed by atoms with Gasteiger partial charge in [-0.15, -0.1) is 0 Å². The smallest absolute Gasteiger partial charge is 0.124 e. The van der Waals surface area contributed by atoms with E-state index in [4.69, 9.17) is 15.2 Å². The van der Waals surface area contributed by atoms with E-state index in [0.29, 0.717) is 0 Å². The summed E-state index contributed by atoms with van der Waals surface area (Å²) < 4.78 is 10.9. The summed E-state index contributed by atoms with van der Waals surface area (Å²) in [6, 6.07) is 5.91. The van der Waals surface area contributed by atoms with E-state index in [-0.39, 0.29) is 5.54 Å². The number of hydrogen-bond acceptors (Lipinski definition) is 4. The number of rotatable bonds is 7. The van der Waals surface area contributed by atoms with Gasteiger partial charge in [0.2, 0.25) is 0 Å². The molecule has 2 rings (SSSR count). The first-order valence-electron chi connectivity index (χ1n) is 7.86. The molecule has 4 nitrogen and oxygen atoms in total. The lowest BCUT2D eigenvalue weighted by Gasteiger charge is -2.35. The summed E-state index contributed by atoms with van der Waals surface area (Å²) in [4.78, 5) is 2.47. The van der Waals surface area contributed by atoms with Crippen LogP contribution in [-0.4, -0.2) is 38.8 Å². The average molecular weight is 292 g/mol. The highest BCUT2D eigenvalue weighted by atomic mass is 16.5. The summed E-state index contributed by atoms with van der Waals surface area (Å²) in [7, 11) is 3.39. The molecule has 118 valence electrons. The number of ether oxygens (including phenoxy) is 2. The minimum absolute atomic E-state index is 0.390. The zero-order valence-corrected chi connectivity index (χ0v) is 13.5. The lowest BCUT2D eigenvalue weighted by molar-refractivity contribution is 0.229. The Bertz CT molecular complexity index is 458. The van der Waals surface area contributed by atoms with Crippen LogP contribution in [0, 0.1) is 0 Å². The Labute approximate surface area is 128 Å². The normalized spacial score (nSPS) is 18.5. The average Bonchev–Trinajstić information content (AvgIpc) is 2.99. The fraction of sp³-hybridized carbons (Fsp3) is 0.647. The molecule has 1 saturated heterocycles. The molecule has 0 radical (unpaired) electrons. The highest BCUT2D eigenvalue weighted by molar-refractivity contribution is 5.45. The molecular weight excluding hydrogens is 264 g/mol.